The summed E-state index contributed by atoms with van der Waals surface area (Å²) in [6, 6.07) is 7.67. The number of amidine groups is 1. The highest BCUT2D eigenvalue weighted by Crippen LogP contribution is 2.31. The van der Waals surface area contributed by atoms with Crippen molar-refractivity contribution in [3.63, 3.8) is 0 Å². The Bertz CT molecular complexity index is 1230. The maximum Gasteiger partial charge on any atom is 0.408 e. The van der Waals surface area contributed by atoms with Crippen LogP contribution in [0.1, 0.15) is 24.0 Å². The number of ether oxygens (including phenoxy) is 2. The molecule has 10 nitrogen and oxygen atoms in total. The van der Waals surface area contributed by atoms with E-state index >= 15 is 0 Å². The fourth-order valence-electron chi connectivity index (χ4n) is 3.41. The summed E-state index contributed by atoms with van der Waals surface area (Å²) < 4.78 is 66.7. The average molecular weight is 562 g/mol. The van der Waals surface area contributed by atoms with Crippen LogP contribution in [0, 0.1) is 11.6 Å². The first-order chi connectivity index (χ1) is 17.6. The molecule has 2 aromatic rings. The highest BCUT2D eigenvalue weighted by molar-refractivity contribution is 7.86. The summed E-state index contributed by atoms with van der Waals surface area (Å²) in [7, 11) is -2.11. The summed E-state index contributed by atoms with van der Waals surface area (Å²) in [5.41, 5.74) is 3.16. The van der Waals surface area contributed by atoms with Gasteiger partial charge < -0.3 is 14.8 Å². The molecule has 0 bridgehead atoms. The fourth-order valence-corrected chi connectivity index (χ4v) is 4.04. The van der Waals surface area contributed by atoms with Gasteiger partial charge in [0.05, 0.1) is 37.6 Å². The second-order valence-corrected chi connectivity index (χ2v) is 10.1. The van der Waals surface area contributed by atoms with Crippen molar-refractivity contribution in [2.24, 2.45) is 4.99 Å². The van der Waals surface area contributed by atoms with Crippen LogP contribution in [0.5, 0.6) is 5.75 Å². The molecule has 14 heteroatoms. The number of nitrogens with one attached hydrogen (secondary N) is 2. The van der Waals surface area contributed by atoms with Gasteiger partial charge in [0.15, 0.2) is 0 Å². The van der Waals surface area contributed by atoms with Gasteiger partial charge >= 0.3 is 6.09 Å². The van der Waals surface area contributed by atoms with Crippen LogP contribution in [0.4, 0.5) is 13.6 Å². The number of hydrogen-bond donors (Lipinski definition) is 2. The molecule has 0 unspecified atom stereocenters. The molecule has 1 aliphatic rings. The van der Waals surface area contributed by atoms with Gasteiger partial charge in [-0.05, 0) is 42.3 Å². The number of amides is 1. The van der Waals surface area contributed by atoms with E-state index < -0.39 is 39.8 Å². The first kappa shape index (κ1) is 28.6. The Hall–Kier alpha value is -3.00. The number of alkyl carbamates (subject to hydrolysis) is 1. The molecule has 1 heterocycles. The Morgan fingerprint density at radius 3 is 2.57 bits per heavy atom. The van der Waals surface area contributed by atoms with Crippen molar-refractivity contribution in [3.05, 3.63) is 64.2 Å². The highest BCUT2D eigenvalue weighted by Gasteiger charge is 2.37. The molecule has 37 heavy (non-hydrogen) atoms. The van der Waals surface area contributed by atoms with E-state index in [1.165, 1.54) is 14.0 Å². The monoisotopic (exact) mass is 561 g/mol. The second-order valence-electron chi connectivity index (χ2n) is 7.79. The molecular weight excluding hydrogens is 536 g/mol. The van der Waals surface area contributed by atoms with E-state index in [0.29, 0.717) is 11.3 Å². The molecule has 0 aromatic heterocycles. The zero-order valence-corrected chi connectivity index (χ0v) is 21.6. The third-order valence-electron chi connectivity index (χ3n) is 5.38. The van der Waals surface area contributed by atoms with E-state index in [1.54, 1.807) is 24.3 Å². The number of aliphatic imine (C=N–C) groups is 1. The van der Waals surface area contributed by atoms with Crippen LogP contribution < -0.4 is 15.5 Å². The molecule has 1 aliphatic heterocycles. The summed E-state index contributed by atoms with van der Waals surface area (Å²) in [6.07, 6.45) is -0.838. The van der Waals surface area contributed by atoms with Crippen molar-refractivity contribution in [3.8, 4) is 5.75 Å². The minimum absolute atomic E-state index is 0.0200. The lowest BCUT2D eigenvalue weighted by Crippen LogP contribution is -2.48. The van der Waals surface area contributed by atoms with Crippen molar-refractivity contribution in [1.29, 1.82) is 0 Å². The molecule has 0 aliphatic carbocycles. The summed E-state index contributed by atoms with van der Waals surface area (Å²) >= 11 is 5.67. The predicted molar refractivity (Wildman–Crippen MR) is 131 cm³/mol. The molecule has 2 atom stereocenters. The lowest BCUT2D eigenvalue weighted by Gasteiger charge is -2.23. The maximum absolute atomic E-state index is 14.7. The number of hydroxylamine groups is 1. The van der Waals surface area contributed by atoms with E-state index in [0.717, 1.165) is 12.1 Å². The van der Waals surface area contributed by atoms with Gasteiger partial charge in [-0.25, -0.2) is 13.6 Å². The molecule has 0 saturated heterocycles. The van der Waals surface area contributed by atoms with Crippen LogP contribution in [0.2, 0.25) is 5.02 Å². The molecule has 0 radical (unpaired) electrons. The third-order valence-corrected chi connectivity index (χ3v) is 6.90. The van der Waals surface area contributed by atoms with Crippen LogP contribution in [0.25, 0.3) is 0 Å². The van der Waals surface area contributed by atoms with Crippen LogP contribution in [0.3, 0.4) is 0 Å². The minimum Gasteiger partial charge on any atom is -0.497 e. The lowest BCUT2D eigenvalue weighted by molar-refractivity contribution is 0.0589. The SMILES string of the molecule is CCS(=O)(=O)OCCONC1=NC[C@@H](c2cc(F)c(Cl)cc2F)[C@@H]1NC(=O)OCc1ccc(OC)cc1. The molecule has 2 aromatic carbocycles. The Morgan fingerprint density at radius 2 is 1.89 bits per heavy atom. The largest absolute Gasteiger partial charge is 0.497 e. The molecule has 0 spiro atoms. The normalized spacial score (nSPS) is 17.3. The highest BCUT2D eigenvalue weighted by atomic mass is 35.5. The fraction of sp³-hybridized carbons (Fsp3) is 0.391. The summed E-state index contributed by atoms with van der Waals surface area (Å²) in [4.78, 5) is 22.0. The van der Waals surface area contributed by atoms with Gasteiger partial charge in [-0.3, -0.25) is 19.5 Å². The van der Waals surface area contributed by atoms with Gasteiger partial charge in [0.25, 0.3) is 10.1 Å². The molecule has 0 fully saturated rings. The Kier molecular flexibility index (Phi) is 10.0. The van der Waals surface area contributed by atoms with E-state index in [-0.39, 0.29) is 48.5 Å². The minimum atomic E-state index is -3.64. The number of hydrogen-bond acceptors (Lipinski definition) is 9. The summed E-state index contributed by atoms with van der Waals surface area (Å²) in [5, 5.41) is 2.22. The average Bonchev–Trinajstić information content (AvgIpc) is 3.26. The van der Waals surface area contributed by atoms with Crippen molar-refractivity contribution in [2.75, 3.05) is 32.6 Å². The number of rotatable bonds is 11. The van der Waals surface area contributed by atoms with Crippen LogP contribution in [-0.2, 0) is 30.5 Å². The predicted octanol–water partition coefficient (Wildman–Crippen LogP) is 3.31. The van der Waals surface area contributed by atoms with E-state index in [1.807, 2.05) is 0 Å². The number of methoxy groups -OCH3 is 1. The number of benzene rings is 2. The number of nitrogens with zero attached hydrogens (tertiary/aromatic N) is 1. The van der Waals surface area contributed by atoms with Gasteiger partial charge in [-0.15, -0.1) is 0 Å². The topological polar surface area (TPSA) is 125 Å². The number of carbonyl (C=O) groups is 1. The van der Waals surface area contributed by atoms with E-state index in [9.17, 15) is 22.0 Å². The Morgan fingerprint density at radius 1 is 1.16 bits per heavy atom. The van der Waals surface area contributed by atoms with Gasteiger partial charge in [-0.2, -0.15) is 8.42 Å². The quantitative estimate of drug-likeness (QED) is 0.185. The molecule has 202 valence electrons. The number of carbonyl (C=O) groups excluding carboxylic acids is 1. The third kappa shape index (κ3) is 7.99. The molecule has 3 rings (SSSR count). The Balaban J connectivity index is 1.67. The van der Waals surface area contributed by atoms with E-state index in [4.69, 9.17) is 30.1 Å². The Labute approximate surface area is 218 Å². The maximum atomic E-state index is 14.7. The second kappa shape index (κ2) is 13.0. The standard InChI is InChI=1S/C23H26ClF2N3O7S/c1-3-37(31,32)36-9-8-35-29-22-21(17(12-27-22)16-10-20(26)18(24)11-19(16)25)28-23(30)34-13-14-4-6-15(33-2)7-5-14/h4-7,10-11,17,21H,3,8-9,12-13H2,1-2H3,(H,27,29)(H,28,30)/t17-,21-/m0/s1. The molecule has 2 N–H and O–H groups in total. The number of halogens is 3. The van der Waals surface area contributed by atoms with Crippen LogP contribution >= 0.6 is 11.6 Å². The van der Waals surface area contributed by atoms with Gasteiger partial charge in [0.2, 0.25) is 0 Å². The van der Waals surface area contributed by atoms with Gasteiger partial charge in [0, 0.05) is 5.92 Å². The zero-order valence-electron chi connectivity index (χ0n) is 20.0. The lowest BCUT2D eigenvalue weighted by atomic mass is 9.92. The molecule has 1 amide bonds. The van der Waals surface area contributed by atoms with Crippen molar-refractivity contribution in [2.45, 2.75) is 25.5 Å². The van der Waals surface area contributed by atoms with Crippen molar-refractivity contribution >= 4 is 33.6 Å². The first-order valence-electron chi connectivity index (χ1n) is 11.1. The van der Waals surface area contributed by atoms with Crippen LogP contribution in [0.15, 0.2) is 41.4 Å². The molecular formula is C23H26ClF2N3O7S. The summed E-state index contributed by atoms with van der Waals surface area (Å²) in [5.74, 6) is -1.87. The smallest absolute Gasteiger partial charge is 0.408 e. The molecule has 0 saturated carbocycles. The first-order valence-corrected chi connectivity index (χ1v) is 13.1. The zero-order chi connectivity index (χ0) is 27.0. The van der Waals surface area contributed by atoms with Gasteiger partial charge in [0.1, 0.15) is 35.9 Å². The van der Waals surface area contributed by atoms with Gasteiger partial charge in [-0.1, -0.05) is 23.7 Å². The summed E-state index contributed by atoms with van der Waals surface area (Å²) in [6.45, 7) is 0.912. The van der Waals surface area contributed by atoms with Crippen LogP contribution in [-0.4, -0.2) is 59.0 Å². The van der Waals surface area contributed by atoms with Crippen molar-refractivity contribution in [1.82, 2.24) is 10.8 Å². The van der Waals surface area contributed by atoms with E-state index in [2.05, 4.69) is 15.8 Å². The van der Waals surface area contributed by atoms with Crippen molar-refractivity contribution < 1.29 is 40.5 Å².